The molecule has 0 aliphatic carbocycles. The van der Waals surface area contributed by atoms with E-state index in [4.69, 9.17) is 16.3 Å². The van der Waals surface area contributed by atoms with Crippen LogP contribution in [0.3, 0.4) is 0 Å². The molecule has 0 heterocycles. The second kappa shape index (κ2) is 6.21. The molecule has 0 N–H and O–H groups in total. The van der Waals surface area contributed by atoms with Crippen LogP contribution in [0.5, 0.6) is 5.75 Å². The molecule has 0 amide bonds. The second-order valence-corrected chi connectivity index (χ2v) is 4.99. The van der Waals surface area contributed by atoms with Gasteiger partial charge >= 0.3 is 0 Å². The summed E-state index contributed by atoms with van der Waals surface area (Å²) < 4.78 is 19.7. The largest absolute Gasteiger partial charge is 0.489 e. The molecule has 0 aliphatic rings. The first-order valence-electron chi connectivity index (χ1n) is 5.40. The van der Waals surface area contributed by atoms with E-state index in [0.717, 1.165) is 10.0 Å². The Labute approximate surface area is 119 Å². The minimum atomic E-state index is -0.305. The van der Waals surface area contributed by atoms with E-state index in [2.05, 4.69) is 15.9 Å². The summed E-state index contributed by atoms with van der Waals surface area (Å²) in [5.41, 5.74) is 1.70. The predicted molar refractivity (Wildman–Crippen MR) is 74.4 cm³/mol. The van der Waals surface area contributed by atoms with Crippen LogP contribution in [-0.2, 0) is 12.5 Å². The van der Waals surface area contributed by atoms with Crippen LogP contribution in [-0.4, -0.2) is 0 Å². The monoisotopic (exact) mass is 328 g/mol. The number of halogens is 3. The Kier molecular flexibility index (Phi) is 4.61. The lowest BCUT2D eigenvalue weighted by molar-refractivity contribution is 0.303. The van der Waals surface area contributed by atoms with E-state index >= 15 is 0 Å². The summed E-state index contributed by atoms with van der Waals surface area (Å²) in [7, 11) is 0. The number of benzene rings is 2. The van der Waals surface area contributed by atoms with Crippen LogP contribution in [0.4, 0.5) is 4.39 Å². The SMILES string of the molecule is Fc1ccc(OCc2cccc(Br)c2)c(CCl)c1. The van der Waals surface area contributed by atoms with Crippen molar-refractivity contribution in [1.82, 2.24) is 0 Å². The summed E-state index contributed by atoms with van der Waals surface area (Å²) in [5, 5.41) is 0. The smallest absolute Gasteiger partial charge is 0.124 e. The molecular formula is C14H11BrClFO. The van der Waals surface area contributed by atoms with Crippen molar-refractivity contribution in [2.24, 2.45) is 0 Å². The van der Waals surface area contributed by atoms with E-state index in [1.807, 2.05) is 24.3 Å². The number of hydrogen-bond acceptors (Lipinski definition) is 1. The van der Waals surface area contributed by atoms with Crippen LogP contribution >= 0.6 is 27.5 Å². The molecule has 1 nitrogen and oxygen atoms in total. The summed E-state index contributed by atoms with van der Waals surface area (Å²) in [4.78, 5) is 0. The standard InChI is InChI=1S/C14H11BrClFO/c15-12-3-1-2-10(6-12)9-18-14-5-4-13(17)7-11(14)8-16/h1-7H,8-9H2. The van der Waals surface area contributed by atoms with Gasteiger partial charge in [0.2, 0.25) is 0 Å². The zero-order valence-electron chi connectivity index (χ0n) is 9.50. The van der Waals surface area contributed by atoms with Crippen LogP contribution < -0.4 is 4.74 Å². The highest BCUT2D eigenvalue weighted by Gasteiger charge is 2.05. The predicted octanol–water partition coefficient (Wildman–Crippen LogP) is 4.91. The molecule has 18 heavy (non-hydrogen) atoms. The van der Waals surface area contributed by atoms with Crippen molar-refractivity contribution in [3.05, 3.63) is 63.9 Å². The molecular weight excluding hydrogens is 319 g/mol. The minimum absolute atomic E-state index is 0.228. The summed E-state index contributed by atoms with van der Waals surface area (Å²) >= 11 is 9.16. The van der Waals surface area contributed by atoms with Gasteiger partial charge in [-0.15, -0.1) is 11.6 Å². The minimum Gasteiger partial charge on any atom is -0.489 e. The van der Waals surface area contributed by atoms with Crippen LogP contribution in [0, 0.1) is 5.82 Å². The van der Waals surface area contributed by atoms with Crippen molar-refractivity contribution in [1.29, 1.82) is 0 Å². The van der Waals surface area contributed by atoms with Crippen molar-refractivity contribution in [2.75, 3.05) is 0 Å². The van der Waals surface area contributed by atoms with Crippen LogP contribution in [0.25, 0.3) is 0 Å². The number of rotatable bonds is 4. The van der Waals surface area contributed by atoms with E-state index in [9.17, 15) is 4.39 Å². The highest BCUT2D eigenvalue weighted by Crippen LogP contribution is 2.23. The quantitative estimate of drug-likeness (QED) is 0.725. The van der Waals surface area contributed by atoms with Gasteiger partial charge in [-0.3, -0.25) is 0 Å². The number of hydrogen-bond donors (Lipinski definition) is 0. The van der Waals surface area contributed by atoms with Crippen LogP contribution in [0.2, 0.25) is 0 Å². The molecule has 0 saturated heterocycles. The molecule has 0 fully saturated rings. The third-order valence-electron chi connectivity index (χ3n) is 2.45. The Morgan fingerprint density at radius 2 is 2.00 bits per heavy atom. The lowest BCUT2D eigenvalue weighted by atomic mass is 10.2. The molecule has 0 aromatic heterocycles. The third-order valence-corrected chi connectivity index (χ3v) is 3.23. The molecule has 2 rings (SSSR count). The van der Waals surface area contributed by atoms with Gasteiger partial charge < -0.3 is 4.74 Å². The lowest BCUT2D eigenvalue weighted by Crippen LogP contribution is -1.98. The fourth-order valence-electron chi connectivity index (χ4n) is 1.58. The van der Waals surface area contributed by atoms with Crippen molar-refractivity contribution < 1.29 is 9.13 Å². The van der Waals surface area contributed by atoms with Gasteiger partial charge in [-0.1, -0.05) is 28.1 Å². The molecule has 2 aromatic rings. The third kappa shape index (κ3) is 3.47. The molecule has 2 aromatic carbocycles. The van der Waals surface area contributed by atoms with Gasteiger partial charge in [0.05, 0.1) is 5.88 Å². The zero-order chi connectivity index (χ0) is 13.0. The first-order valence-corrected chi connectivity index (χ1v) is 6.73. The summed E-state index contributed by atoms with van der Waals surface area (Å²) in [5.74, 6) is 0.540. The van der Waals surface area contributed by atoms with Gasteiger partial charge in [0.25, 0.3) is 0 Å². The van der Waals surface area contributed by atoms with E-state index in [0.29, 0.717) is 17.9 Å². The van der Waals surface area contributed by atoms with E-state index in [1.54, 1.807) is 6.07 Å². The summed E-state index contributed by atoms with van der Waals surface area (Å²) in [6.45, 7) is 0.426. The first kappa shape index (κ1) is 13.4. The maximum absolute atomic E-state index is 13.0. The molecule has 0 radical (unpaired) electrons. The Balaban J connectivity index is 2.10. The first-order chi connectivity index (χ1) is 8.69. The molecule has 0 aliphatic heterocycles. The Bertz CT molecular complexity index is 545. The van der Waals surface area contributed by atoms with Gasteiger partial charge in [0.15, 0.2) is 0 Å². The molecule has 4 heteroatoms. The molecule has 94 valence electrons. The fraction of sp³-hybridized carbons (Fsp3) is 0.143. The van der Waals surface area contributed by atoms with Gasteiger partial charge in [-0.05, 0) is 35.9 Å². The van der Waals surface area contributed by atoms with E-state index in [1.165, 1.54) is 12.1 Å². The Hall–Kier alpha value is -1.06. The van der Waals surface area contributed by atoms with E-state index < -0.39 is 0 Å². The highest BCUT2D eigenvalue weighted by atomic mass is 79.9. The maximum Gasteiger partial charge on any atom is 0.124 e. The van der Waals surface area contributed by atoms with Gasteiger partial charge in [0, 0.05) is 10.0 Å². The average molecular weight is 330 g/mol. The maximum atomic E-state index is 13.0. The molecule has 0 spiro atoms. The highest BCUT2D eigenvalue weighted by molar-refractivity contribution is 9.10. The van der Waals surface area contributed by atoms with Crippen LogP contribution in [0.1, 0.15) is 11.1 Å². The fourth-order valence-corrected chi connectivity index (χ4v) is 2.24. The summed E-state index contributed by atoms with van der Waals surface area (Å²) in [6.07, 6.45) is 0. The molecule has 0 atom stereocenters. The topological polar surface area (TPSA) is 9.23 Å². The van der Waals surface area contributed by atoms with Crippen molar-refractivity contribution in [2.45, 2.75) is 12.5 Å². The van der Waals surface area contributed by atoms with E-state index in [-0.39, 0.29) is 11.7 Å². The second-order valence-electron chi connectivity index (χ2n) is 3.80. The zero-order valence-corrected chi connectivity index (χ0v) is 11.8. The summed E-state index contributed by atoms with van der Waals surface area (Å²) in [6, 6.07) is 12.2. The molecule has 0 unspecified atom stereocenters. The molecule has 0 saturated carbocycles. The van der Waals surface area contributed by atoms with Gasteiger partial charge in [-0.2, -0.15) is 0 Å². The Morgan fingerprint density at radius 3 is 2.72 bits per heavy atom. The number of ether oxygens (including phenoxy) is 1. The van der Waals surface area contributed by atoms with Crippen molar-refractivity contribution in [3.8, 4) is 5.75 Å². The van der Waals surface area contributed by atoms with Crippen molar-refractivity contribution >= 4 is 27.5 Å². The van der Waals surface area contributed by atoms with Gasteiger partial charge in [0.1, 0.15) is 18.2 Å². The lowest BCUT2D eigenvalue weighted by Gasteiger charge is -2.10. The normalized spacial score (nSPS) is 10.4. The Morgan fingerprint density at radius 1 is 1.17 bits per heavy atom. The van der Waals surface area contributed by atoms with Crippen LogP contribution in [0.15, 0.2) is 46.9 Å². The number of alkyl halides is 1. The molecule has 0 bridgehead atoms. The average Bonchev–Trinajstić information content (AvgIpc) is 2.37. The van der Waals surface area contributed by atoms with Gasteiger partial charge in [-0.25, -0.2) is 4.39 Å². The van der Waals surface area contributed by atoms with Crippen molar-refractivity contribution in [3.63, 3.8) is 0 Å².